The number of nitrogens with one attached hydrogen (secondary N) is 1. The number of likely N-dealkylation sites (tertiary alicyclic amines) is 1. The van der Waals surface area contributed by atoms with Crippen LogP contribution in [0.3, 0.4) is 0 Å². The van der Waals surface area contributed by atoms with Crippen LogP contribution in [0, 0.1) is 5.92 Å². The second-order valence-corrected chi connectivity index (χ2v) is 12.2. The number of hydrogen-bond acceptors (Lipinski definition) is 7. The molecule has 39 heavy (non-hydrogen) atoms. The summed E-state index contributed by atoms with van der Waals surface area (Å²) in [6.07, 6.45) is -0.469. The first-order valence-electron chi connectivity index (χ1n) is 13.4. The van der Waals surface area contributed by atoms with E-state index in [2.05, 4.69) is 16.5 Å². The minimum Gasteiger partial charge on any atom is -0.392 e. The molecule has 0 saturated carbocycles. The second-order valence-electron chi connectivity index (χ2n) is 10.4. The maximum Gasteiger partial charge on any atom is 0.240 e. The molecule has 9 heteroatoms. The summed E-state index contributed by atoms with van der Waals surface area (Å²) >= 11 is 0. The van der Waals surface area contributed by atoms with Gasteiger partial charge in [0.15, 0.2) is 6.29 Å². The van der Waals surface area contributed by atoms with Crippen LogP contribution in [-0.4, -0.2) is 55.4 Å². The molecule has 0 spiro atoms. The van der Waals surface area contributed by atoms with E-state index in [1.807, 2.05) is 48.5 Å². The SMILES string of the molecule is CC1C(CN2CCC(O)C2)OC(c2ccc(CNS(=O)(=O)c3ccccc3)cc2)OC1c1ccc(CO)cc1. The molecular weight excluding hydrogens is 516 g/mol. The van der Waals surface area contributed by atoms with E-state index in [0.717, 1.165) is 35.2 Å². The molecule has 5 atom stereocenters. The Morgan fingerprint density at radius 3 is 2.23 bits per heavy atom. The fourth-order valence-electron chi connectivity index (χ4n) is 5.21. The number of aliphatic hydroxyl groups excluding tert-OH is 2. The van der Waals surface area contributed by atoms with E-state index < -0.39 is 16.3 Å². The third kappa shape index (κ3) is 6.75. The molecule has 2 heterocycles. The van der Waals surface area contributed by atoms with Gasteiger partial charge in [-0.2, -0.15) is 0 Å². The number of sulfonamides is 1. The summed E-state index contributed by atoms with van der Waals surface area (Å²) in [4.78, 5) is 2.47. The molecule has 2 aliphatic heterocycles. The first-order chi connectivity index (χ1) is 18.8. The highest BCUT2D eigenvalue weighted by atomic mass is 32.2. The molecule has 3 aromatic carbocycles. The number of benzene rings is 3. The fourth-order valence-corrected chi connectivity index (χ4v) is 6.25. The predicted octanol–water partition coefficient (Wildman–Crippen LogP) is 3.52. The second kappa shape index (κ2) is 12.3. The number of rotatable bonds is 9. The Hall–Kier alpha value is -2.63. The molecule has 0 bridgehead atoms. The summed E-state index contributed by atoms with van der Waals surface area (Å²) in [6, 6.07) is 23.7. The molecule has 0 aromatic heterocycles. The lowest BCUT2D eigenvalue weighted by Crippen LogP contribution is -2.44. The van der Waals surface area contributed by atoms with E-state index in [1.165, 1.54) is 0 Å². The quantitative estimate of drug-likeness (QED) is 0.373. The summed E-state index contributed by atoms with van der Waals surface area (Å²) < 4.78 is 40.8. The van der Waals surface area contributed by atoms with Gasteiger partial charge < -0.3 is 19.7 Å². The molecule has 208 valence electrons. The van der Waals surface area contributed by atoms with Crippen molar-refractivity contribution in [3.05, 3.63) is 101 Å². The highest BCUT2D eigenvalue weighted by molar-refractivity contribution is 7.89. The van der Waals surface area contributed by atoms with Crippen molar-refractivity contribution in [2.45, 2.75) is 56.0 Å². The molecule has 0 radical (unpaired) electrons. The van der Waals surface area contributed by atoms with Crippen molar-refractivity contribution in [2.75, 3.05) is 19.6 Å². The van der Waals surface area contributed by atoms with Gasteiger partial charge in [-0.15, -0.1) is 0 Å². The Morgan fingerprint density at radius 2 is 1.59 bits per heavy atom. The zero-order valence-corrected chi connectivity index (χ0v) is 22.8. The van der Waals surface area contributed by atoms with Crippen LogP contribution in [0.1, 0.15) is 48.0 Å². The number of aliphatic hydroxyl groups is 2. The first kappa shape index (κ1) is 27.9. The van der Waals surface area contributed by atoms with Crippen LogP contribution < -0.4 is 4.72 Å². The summed E-state index contributed by atoms with van der Waals surface area (Å²) in [6.45, 7) is 4.45. The first-order valence-corrected chi connectivity index (χ1v) is 14.9. The van der Waals surface area contributed by atoms with Crippen molar-refractivity contribution in [3.63, 3.8) is 0 Å². The molecule has 2 saturated heterocycles. The number of β-amino-alcohol motifs (C(OH)–C–C–N with tert-alkyl or cyclic N) is 1. The van der Waals surface area contributed by atoms with Crippen molar-refractivity contribution in [1.82, 2.24) is 9.62 Å². The maximum absolute atomic E-state index is 12.6. The molecule has 8 nitrogen and oxygen atoms in total. The van der Waals surface area contributed by atoms with E-state index in [-0.39, 0.29) is 42.3 Å². The number of hydrogen-bond donors (Lipinski definition) is 3. The Labute approximate surface area is 230 Å². The summed E-state index contributed by atoms with van der Waals surface area (Å²) in [5.41, 5.74) is 3.53. The van der Waals surface area contributed by atoms with Crippen LogP contribution in [0.2, 0.25) is 0 Å². The smallest absolute Gasteiger partial charge is 0.240 e. The lowest BCUT2D eigenvalue weighted by Gasteiger charge is -2.42. The Bertz CT molecular complexity index is 1320. The van der Waals surface area contributed by atoms with Gasteiger partial charge in [-0.25, -0.2) is 13.1 Å². The van der Waals surface area contributed by atoms with Crippen LogP contribution in [-0.2, 0) is 32.6 Å². The van der Waals surface area contributed by atoms with Gasteiger partial charge in [0.25, 0.3) is 0 Å². The van der Waals surface area contributed by atoms with Gasteiger partial charge in [-0.05, 0) is 35.2 Å². The molecule has 2 fully saturated rings. The van der Waals surface area contributed by atoms with Gasteiger partial charge in [0.05, 0.1) is 29.8 Å². The van der Waals surface area contributed by atoms with Gasteiger partial charge >= 0.3 is 0 Å². The third-order valence-corrected chi connectivity index (χ3v) is 9.00. The largest absolute Gasteiger partial charge is 0.392 e. The standard InChI is InChI=1S/C30H36N2O6S/c1-21-28(19-32-16-15-26(34)18-32)37-30(38-29(21)24-11-9-23(20-33)10-12-24)25-13-7-22(8-14-25)17-31-39(35,36)27-5-3-2-4-6-27/h2-14,21,26,28-31,33-34H,15-20H2,1H3. The zero-order valence-electron chi connectivity index (χ0n) is 22.0. The van der Waals surface area contributed by atoms with Crippen LogP contribution in [0.25, 0.3) is 0 Å². The molecule has 5 rings (SSSR count). The molecule has 3 N–H and O–H groups in total. The van der Waals surface area contributed by atoms with Crippen LogP contribution >= 0.6 is 0 Å². The lowest BCUT2D eigenvalue weighted by molar-refractivity contribution is -0.276. The van der Waals surface area contributed by atoms with E-state index in [1.54, 1.807) is 30.3 Å². The van der Waals surface area contributed by atoms with Crippen molar-refractivity contribution >= 4 is 10.0 Å². The van der Waals surface area contributed by atoms with E-state index >= 15 is 0 Å². The van der Waals surface area contributed by atoms with Gasteiger partial charge in [-0.1, -0.05) is 73.7 Å². The molecular formula is C30H36N2O6S. The summed E-state index contributed by atoms with van der Waals surface area (Å²) in [5, 5.41) is 19.5. The van der Waals surface area contributed by atoms with Crippen LogP contribution in [0.5, 0.6) is 0 Å². The molecule has 5 unspecified atom stereocenters. The van der Waals surface area contributed by atoms with E-state index in [0.29, 0.717) is 13.1 Å². The van der Waals surface area contributed by atoms with Gasteiger partial charge in [-0.3, -0.25) is 4.90 Å². The topological polar surface area (TPSA) is 108 Å². The number of ether oxygens (including phenoxy) is 2. The third-order valence-electron chi connectivity index (χ3n) is 7.58. The fraction of sp³-hybridized carbons (Fsp3) is 0.400. The average molecular weight is 553 g/mol. The Kier molecular flexibility index (Phi) is 8.78. The van der Waals surface area contributed by atoms with E-state index in [9.17, 15) is 18.6 Å². The normalized spacial score (nSPS) is 26.1. The van der Waals surface area contributed by atoms with Gasteiger partial charge in [0.1, 0.15) is 0 Å². The van der Waals surface area contributed by atoms with Crippen molar-refractivity contribution in [2.24, 2.45) is 5.92 Å². The van der Waals surface area contributed by atoms with E-state index in [4.69, 9.17) is 9.47 Å². The Balaban J connectivity index is 1.31. The highest BCUT2D eigenvalue weighted by Crippen LogP contribution is 2.42. The maximum atomic E-state index is 12.6. The molecule has 3 aromatic rings. The summed E-state index contributed by atoms with van der Waals surface area (Å²) in [7, 11) is -3.60. The lowest BCUT2D eigenvalue weighted by atomic mass is 9.90. The van der Waals surface area contributed by atoms with Gasteiger partial charge in [0.2, 0.25) is 10.0 Å². The Morgan fingerprint density at radius 1 is 0.923 bits per heavy atom. The number of nitrogens with zero attached hydrogens (tertiary/aromatic N) is 1. The van der Waals surface area contributed by atoms with Crippen molar-refractivity contribution in [3.8, 4) is 0 Å². The zero-order chi connectivity index (χ0) is 27.4. The van der Waals surface area contributed by atoms with Crippen LogP contribution in [0.15, 0.2) is 83.8 Å². The minimum absolute atomic E-state index is 0.0130. The average Bonchev–Trinajstić information content (AvgIpc) is 3.38. The van der Waals surface area contributed by atoms with Crippen molar-refractivity contribution < 1.29 is 28.1 Å². The van der Waals surface area contributed by atoms with Gasteiger partial charge in [0, 0.05) is 37.7 Å². The highest BCUT2D eigenvalue weighted by Gasteiger charge is 2.39. The molecule has 0 aliphatic carbocycles. The predicted molar refractivity (Wildman–Crippen MR) is 147 cm³/mol. The van der Waals surface area contributed by atoms with Crippen molar-refractivity contribution in [1.29, 1.82) is 0 Å². The van der Waals surface area contributed by atoms with Crippen LogP contribution in [0.4, 0.5) is 0 Å². The molecule has 2 aliphatic rings. The molecule has 0 amide bonds. The monoisotopic (exact) mass is 552 g/mol. The summed E-state index contributed by atoms with van der Waals surface area (Å²) in [5.74, 6) is 0.0608. The minimum atomic E-state index is -3.60.